The minimum absolute atomic E-state index is 0.253. The zero-order valence-corrected chi connectivity index (χ0v) is 25.5. The first-order chi connectivity index (χ1) is 18.4. The van der Waals surface area contributed by atoms with Crippen LogP contribution in [0.25, 0.3) is 5.69 Å². The molecule has 0 bridgehead atoms. The summed E-state index contributed by atoms with van der Waals surface area (Å²) in [7, 11) is 1.59. The van der Waals surface area contributed by atoms with Crippen molar-refractivity contribution in [2.75, 3.05) is 12.4 Å². The number of hydrazone groups is 1. The third-order valence-electron chi connectivity index (χ3n) is 5.56. The molecule has 11 heteroatoms. The summed E-state index contributed by atoms with van der Waals surface area (Å²) in [5.41, 5.74) is 6.47. The highest BCUT2D eigenvalue weighted by molar-refractivity contribution is 14.1. The molecule has 0 saturated carbocycles. The fourth-order valence-electron chi connectivity index (χ4n) is 3.60. The van der Waals surface area contributed by atoms with Gasteiger partial charge in [-0.25, -0.2) is 5.43 Å². The van der Waals surface area contributed by atoms with E-state index in [0.29, 0.717) is 17.5 Å². The minimum Gasteiger partial charge on any atom is -0.496 e. The Hall–Kier alpha value is -2.90. The highest BCUT2D eigenvalue weighted by Crippen LogP contribution is 2.27. The van der Waals surface area contributed by atoms with Gasteiger partial charge in [0.05, 0.1) is 25.1 Å². The zero-order valence-electron chi connectivity index (χ0n) is 21.0. The van der Waals surface area contributed by atoms with E-state index in [0.717, 1.165) is 32.8 Å². The highest BCUT2D eigenvalue weighted by Gasteiger charge is 2.21. The van der Waals surface area contributed by atoms with Crippen LogP contribution in [0, 0.1) is 10.5 Å². The van der Waals surface area contributed by atoms with Gasteiger partial charge in [0, 0.05) is 25.0 Å². The highest BCUT2D eigenvalue weighted by atomic mass is 127. The maximum Gasteiger partial charge on any atom is 0.253 e. The Bertz CT molecular complexity index is 1450. The quantitative estimate of drug-likeness (QED) is 0.0885. The van der Waals surface area contributed by atoms with E-state index in [-0.39, 0.29) is 5.91 Å². The van der Waals surface area contributed by atoms with Crippen LogP contribution in [0.5, 0.6) is 5.75 Å². The van der Waals surface area contributed by atoms with Gasteiger partial charge in [0.1, 0.15) is 5.75 Å². The predicted molar refractivity (Wildman–Crippen MR) is 164 cm³/mol. The van der Waals surface area contributed by atoms with E-state index in [1.54, 1.807) is 13.3 Å². The van der Waals surface area contributed by atoms with Crippen molar-refractivity contribution in [2.24, 2.45) is 5.10 Å². The van der Waals surface area contributed by atoms with Crippen LogP contribution < -0.4 is 15.5 Å². The summed E-state index contributed by atoms with van der Waals surface area (Å²) in [6.45, 7) is 4.36. The Balaban J connectivity index is 1.49. The number of amides is 1. The molecule has 0 aliphatic heterocycles. The molecule has 196 valence electrons. The van der Waals surface area contributed by atoms with Crippen molar-refractivity contribution in [3.8, 4) is 11.4 Å². The number of carbonyl (C=O) groups is 1. The first-order valence-corrected chi connectivity index (χ1v) is 14.4. The average molecular weight is 705 g/mol. The number of hydrogen-bond donors (Lipinski definition) is 2. The van der Waals surface area contributed by atoms with Crippen LogP contribution in [0.3, 0.4) is 0 Å². The van der Waals surface area contributed by atoms with E-state index in [1.165, 1.54) is 15.3 Å². The average Bonchev–Trinajstić information content (AvgIpc) is 3.30. The Morgan fingerprint density at radius 2 is 1.97 bits per heavy atom. The van der Waals surface area contributed by atoms with Crippen molar-refractivity contribution in [3.05, 3.63) is 91.7 Å². The van der Waals surface area contributed by atoms with Gasteiger partial charge in [-0.1, -0.05) is 45.9 Å². The van der Waals surface area contributed by atoms with E-state index in [4.69, 9.17) is 4.74 Å². The Morgan fingerprint density at radius 1 is 1.18 bits per heavy atom. The van der Waals surface area contributed by atoms with Gasteiger partial charge in [-0.05, 0) is 90.5 Å². The monoisotopic (exact) mass is 704 g/mol. The summed E-state index contributed by atoms with van der Waals surface area (Å²) in [5.74, 6) is 1.15. The van der Waals surface area contributed by atoms with Crippen LogP contribution >= 0.6 is 50.3 Å². The van der Waals surface area contributed by atoms with Gasteiger partial charge in [0.25, 0.3) is 5.91 Å². The molecule has 0 aliphatic rings. The largest absolute Gasteiger partial charge is 0.496 e. The van der Waals surface area contributed by atoms with Crippen LogP contribution in [0.1, 0.15) is 23.9 Å². The minimum atomic E-state index is -0.470. The maximum atomic E-state index is 12.8. The molecule has 0 radical (unpaired) electrons. The lowest BCUT2D eigenvalue weighted by molar-refractivity contribution is -0.120. The van der Waals surface area contributed by atoms with E-state index in [9.17, 15) is 4.79 Å². The van der Waals surface area contributed by atoms with Gasteiger partial charge >= 0.3 is 0 Å². The van der Waals surface area contributed by atoms with Crippen LogP contribution in [-0.2, 0) is 11.3 Å². The van der Waals surface area contributed by atoms with Gasteiger partial charge in [0.2, 0.25) is 0 Å². The number of aromatic nitrogens is 3. The van der Waals surface area contributed by atoms with Gasteiger partial charge in [-0.2, -0.15) is 5.10 Å². The summed E-state index contributed by atoms with van der Waals surface area (Å²) in [4.78, 5) is 12.8. The number of anilines is 1. The second-order valence-corrected chi connectivity index (χ2v) is 11.7. The first-order valence-electron chi connectivity index (χ1n) is 11.7. The lowest BCUT2D eigenvalue weighted by Crippen LogP contribution is -2.27. The molecule has 0 saturated heterocycles. The van der Waals surface area contributed by atoms with Gasteiger partial charge < -0.3 is 10.1 Å². The number of halogens is 2. The lowest BCUT2D eigenvalue weighted by atomic mass is 10.2. The molecule has 2 N–H and O–H groups in total. The number of nitrogens with zero attached hydrogens (tertiary/aromatic N) is 4. The molecule has 1 heterocycles. The molecular formula is C27H26BrIN6O2S. The molecule has 3 aromatic carbocycles. The Kier molecular flexibility index (Phi) is 9.80. The number of rotatable bonds is 10. The Labute approximate surface area is 247 Å². The van der Waals surface area contributed by atoms with Crippen molar-refractivity contribution in [1.82, 2.24) is 20.2 Å². The molecule has 0 spiro atoms. The molecule has 1 aromatic heterocycles. The second kappa shape index (κ2) is 13.3. The number of benzene rings is 3. The van der Waals surface area contributed by atoms with Gasteiger partial charge in [-0.3, -0.25) is 9.36 Å². The van der Waals surface area contributed by atoms with Crippen molar-refractivity contribution in [1.29, 1.82) is 0 Å². The molecule has 0 aliphatic carbocycles. The van der Waals surface area contributed by atoms with Crippen molar-refractivity contribution >= 4 is 68.1 Å². The van der Waals surface area contributed by atoms with Crippen LogP contribution in [-0.4, -0.2) is 39.2 Å². The third kappa shape index (κ3) is 7.14. The normalized spacial score (nSPS) is 11.9. The number of nitrogens with one attached hydrogen (secondary N) is 2. The summed E-state index contributed by atoms with van der Waals surface area (Å²) >= 11 is 7.06. The third-order valence-corrected chi connectivity index (χ3v) is 7.77. The smallest absolute Gasteiger partial charge is 0.253 e. The number of aryl methyl sites for hydroxylation is 1. The van der Waals surface area contributed by atoms with E-state index in [1.807, 2.05) is 60.0 Å². The summed E-state index contributed by atoms with van der Waals surface area (Å²) < 4.78 is 9.39. The molecule has 8 nitrogen and oxygen atoms in total. The molecule has 1 unspecified atom stereocenters. The van der Waals surface area contributed by atoms with Crippen molar-refractivity contribution in [3.63, 3.8) is 0 Å². The fourth-order valence-corrected chi connectivity index (χ4v) is 5.51. The summed E-state index contributed by atoms with van der Waals surface area (Å²) in [5, 5.41) is 16.6. The number of methoxy groups -OCH3 is 1. The molecular weight excluding hydrogens is 679 g/mol. The van der Waals surface area contributed by atoms with Crippen LogP contribution in [0.15, 0.2) is 81.5 Å². The van der Waals surface area contributed by atoms with Crippen molar-refractivity contribution in [2.45, 2.75) is 30.8 Å². The molecule has 4 rings (SSSR count). The number of ether oxygens (including phenoxy) is 1. The summed E-state index contributed by atoms with van der Waals surface area (Å²) in [6, 6.07) is 21.7. The van der Waals surface area contributed by atoms with Gasteiger partial charge in [-0.15, -0.1) is 10.2 Å². The lowest BCUT2D eigenvalue weighted by Gasteiger charge is -2.14. The predicted octanol–water partition coefficient (Wildman–Crippen LogP) is 6.19. The topological polar surface area (TPSA) is 93.4 Å². The van der Waals surface area contributed by atoms with Crippen molar-refractivity contribution < 1.29 is 9.53 Å². The molecule has 1 amide bonds. The fraction of sp³-hybridized carbons (Fsp3) is 0.185. The first kappa shape index (κ1) is 28.1. The van der Waals surface area contributed by atoms with Crippen LogP contribution in [0.2, 0.25) is 0 Å². The zero-order chi connectivity index (χ0) is 27.1. The number of carbonyl (C=O) groups excluding carboxylic acids is 1. The molecule has 4 aromatic rings. The Morgan fingerprint density at radius 3 is 2.71 bits per heavy atom. The number of thioether (sulfide) groups is 1. The van der Waals surface area contributed by atoms with Gasteiger partial charge in [0.15, 0.2) is 11.0 Å². The van der Waals surface area contributed by atoms with E-state index in [2.05, 4.69) is 89.7 Å². The second-order valence-electron chi connectivity index (χ2n) is 8.26. The summed E-state index contributed by atoms with van der Waals surface area (Å²) in [6.07, 6.45) is 1.56. The molecule has 1 atom stereocenters. The molecule has 38 heavy (non-hydrogen) atoms. The van der Waals surface area contributed by atoms with E-state index < -0.39 is 5.25 Å². The van der Waals surface area contributed by atoms with Crippen LogP contribution in [0.4, 0.5) is 5.69 Å². The number of para-hydroxylation sites is 1. The molecule has 0 fully saturated rings. The SMILES string of the molecule is COc1ccc(Br)cc1/C=N/NC(=O)C(C)Sc1nnc(CNc2ccc(I)cc2C)n1-c1ccccc1. The number of hydrogen-bond acceptors (Lipinski definition) is 7. The maximum absolute atomic E-state index is 12.8. The standard InChI is InChI=1S/C27H26BrIN6O2S/c1-17-13-21(29)10-11-23(17)30-16-25-32-34-27(35(25)22-7-5-4-6-8-22)38-18(2)26(36)33-31-15-19-14-20(28)9-12-24(19)37-3/h4-15,18,30H,16H2,1-3H3,(H,33,36)/b31-15+. The van der Waals surface area contributed by atoms with E-state index >= 15 is 0 Å².